The Morgan fingerprint density at radius 3 is 2.27 bits per heavy atom. The molecule has 1 heterocycles. The minimum absolute atomic E-state index is 0.184. The lowest BCUT2D eigenvalue weighted by molar-refractivity contribution is -0.146. The number of ether oxygens (including phenoxy) is 1. The first-order valence-electron chi connectivity index (χ1n) is 8.44. The van der Waals surface area contributed by atoms with Gasteiger partial charge in [-0.1, -0.05) is 0 Å². The molecule has 1 aromatic rings. The molecular formula is C17H24N2O6S. The van der Waals surface area contributed by atoms with E-state index in [1.807, 2.05) is 0 Å². The van der Waals surface area contributed by atoms with E-state index in [9.17, 15) is 18.0 Å². The number of piperidine rings is 1. The average molecular weight is 384 g/mol. The molecule has 0 aliphatic carbocycles. The number of carbonyl (C=O) groups excluding carboxylic acids is 1. The molecule has 0 unspecified atom stereocenters. The van der Waals surface area contributed by atoms with Crippen molar-refractivity contribution in [2.75, 3.05) is 33.3 Å². The van der Waals surface area contributed by atoms with Crippen LogP contribution in [-0.2, 0) is 19.6 Å². The van der Waals surface area contributed by atoms with Crippen LogP contribution < -0.4 is 4.74 Å². The SMILES string of the molecule is CCN(CC(=O)O)C(=O)C1CCN(S(=O)(=O)c2ccc(OC)cc2)CC1. The van der Waals surface area contributed by atoms with Crippen LogP contribution >= 0.6 is 0 Å². The van der Waals surface area contributed by atoms with Crippen LogP contribution in [0.4, 0.5) is 0 Å². The third-order valence-electron chi connectivity index (χ3n) is 4.52. The fourth-order valence-corrected chi connectivity index (χ4v) is 4.48. The van der Waals surface area contributed by atoms with Crippen molar-refractivity contribution in [3.05, 3.63) is 24.3 Å². The first-order chi connectivity index (χ1) is 12.3. The number of hydrogen-bond donors (Lipinski definition) is 1. The number of likely N-dealkylation sites (N-methyl/N-ethyl adjacent to an activating group) is 1. The summed E-state index contributed by atoms with van der Waals surface area (Å²) in [7, 11) is -2.11. The summed E-state index contributed by atoms with van der Waals surface area (Å²) in [6.45, 7) is 2.17. The maximum absolute atomic E-state index is 12.7. The van der Waals surface area contributed by atoms with Gasteiger partial charge in [-0.2, -0.15) is 4.31 Å². The van der Waals surface area contributed by atoms with E-state index in [0.717, 1.165) is 0 Å². The highest BCUT2D eigenvalue weighted by atomic mass is 32.2. The Hall–Kier alpha value is -2.13. The minimum atomic E-state index is -3.62. The van der Waals surface area contributed by atoms with Gasteiger partial charge in [-0.3, -0.25) is 9.59 Å². The van der Waals surface area contributed by atoms with Gasteiger partial charge in [0.1, 0.15) is 12.3 Å². The normalized spacial score (nSPS) is 16.2. The Kier molecular flexibility index (Phi) is 6.60. The van der Waals surface area contributed by atoms with Gasteiger partial charge in [0, 0.05) is 25.6 Å². The van der Waals surface area contributed by atoms with Crippen LogP contribution in [0.1, 0.15) is 19.8 Å². The molecule has 144 valence electrons. The minimum Gasteiger partial charge on any atom is -0.497 e. The Bertz CT molecular complexity index is 739. The third-order valence-corrected chi connectivity index (χ3v) is 6.43. The van der Waals surface area contributed by atoms with Gasteiger partial charge >= 0.3 is 5.97 Å². The molecule has 26 heavy (non-hydrogen) atoms. The van der Waals surface area contributed by atoms with Crippen LogP contribution in [0.5, 0.6) is 5.75 Å². The zero-order valence-electron chi connectivity index (χ0n) is 14.9. The van der Waals surface area contributed by atoms with Gasteiger partial charge in [0.25, 0.3) is 0 Å². The highest BCUT2D eigenvalue weighted by molar-refractivity contribution is 7.89. The lowest BCUT2D eigenvalue weighted by Gasteiger charge is -2.33. The average Bonchev–Trinajstić information content (AvgIpc) is 2.65. The number of sulfonamides is 1. The molecule has 1 aromatic carbocycles. The molecule has 9 heteroatoms. The van der Waals surface area contributed by atoms with E-state index >= 15 is 0 Å². The Balaban J connectivity index is 2.02. The quantitative estimate of drug-likeness (QED) is 0.753. The van der Waals surface area contributed by atoms with Gasteiger partial charge in [-0.05, 0) is 44.0 Å². The summed E-state index contributed by atoms with van der Waals surface area (Å²) in [6.07, 6.45) is 0.759. The monoisotopic (exact) mass is 384 g/mol. The molecule has 0 spiro atoms. The van der Waals surface area contributed by atoms with Gasteiger partial charge in [0.05, 0.1) is 12.0 Å². The van der Waals surface area contributed by atoms with Gasteiger partial charge in [-0.15, -0.1) is 0 Å². The number of hydrogen-bond acceptors (Lipinski definition) is 5. The van der Waals surface area contributed by atoms with Crippen molar-refractivity contribution in [2.45, 2.75) is 24.7 Å². The van der Waals surface area contributed by atoms with Crippen molar-refractivity contribution in [3.8, 4) is 5.75 Å². The lowest BCUT2D eigenvalue weighted by atomic mass is 9.96. The number of carboxylic acids is 1. The highest BCUT2D eigenvalue weighted by Crippen LogP contribution is 2.26. The van der Waals surface area contributed by atoms with E-state index in [0.29, 0.717) is 25.1 Å². The number of methoxy groups -OCH3 is 1. The fraction of sp³-hybridized carbons (Fsp3) is 0.529. The van der Waals surface area contributed by atoms with E-state index < -0.39 is 16.0 Å². The number of amides is 1. The van der Waals surface area contributed by atoms with Crippen LogP contribution in [-0.4, -0.2) is 67.9 Å². The van der Waals surface area contributed by atoms with Gasteiger partial charge in [0.2, 0.25) is 15.9 Å². The molecule has 0 bridgehead atoms. The summed E-state index contributed by atoms with van der Waals surface area (Å²) >= 11 is 0. The maximum atomic E-state index is 12.7. The summed E-state index contributed by atoms with van der Waals surface area (Å²) in [4.78, 5) is 24.8. The molecular weight excluding hydrogens is 360 g/mol. The number of nitrogens with zero attached hydrogens (tertiary/aromatic N) is 2. The van der Waals surface area contributed by atoms with Crippen LogP contribution in [0.2, 0.25) is 0 Å². The van der Waals surface area contributed by atoms with Crippen molar-refractivity contribution in [1.29, 1.82) is 0 Å². The number of rotatable bonds is 7. The van der Waals surface area contributed by atoms with Crippen LogP contribution in [0.15, 0.2) is 29.2 Å². The summed E-state index contributed by atoms with van der Waals surface area (Å²) in [5, 5.41) is 8.88. The molecule has 8 nitrogen and oxygen atoms in total. The second-order valence-corrected chi connectivity index (χ2v) is 8.04. The second-order valence-electron chi connectivity index (χ2n) is 6.10. The molecule has 1 amide bonds. The van der Waals surface area contributed by atoms with Gasteiger partial charge in [0.15, 0.2) is 0 Å². The van der Waals surface area contributed by atoms with Crippen LogP contribution in [0, 0.1) is 5.92 Å². The molecule has 0 saturated carbocycles. The zero-order valence-corrected chi connectivity index (χ0v) is 15.7. The van der Waals surface area contributed by atoms with E-state index in [1.54, 1.807) is 19.1 Å². The topological polar surface area (TPSA) is 104 Å². The summed E-state index contributed by atoms with van der Waals surface area (Å²) < 4.78 is 31.8. The molecule has 1 aliphatic heterocycles. The molecule has 1 fully saturated rings. The molecule has 0 aromatic heterocycles. The van der Waals surface area contributed by atoms with Crippen LogP contribution in [0.25, 0.3) is 0 Å². The van der Waals surface area contributed by atoms with Crippen LogP contribution in [0.3, 0.4) is 0 Å². The standard InChI is InChI=1S/C17H24N2O6S/c1-3-18(12-16(20)21)17(22)13-8-10-19(11-9-13)26(23,24)15-6-4-14(25-2)5-7-15/h4-7,13H,3,8-12H2,1-2H3,(H,20,21). The predicted octanol–water partition coefficient (Wildman–Crippen LogP) is 1.03. The molecule has 1 saturated heterocycles. The number of aliphatic carboxylic acids is 1. The second kappa shape index (κ2) is 8.50. The predicted molar refractivity (Wildman–Crippen MR) is 94.4 cm³/mol. The number of carbonyl (C=O) groups is 2. The first kappa shape index (κ1) is 20.2. The number of benzene rings is 1. The molecule has 1 aliphatic rings. The Morgan fingerprint density at radius 2 is 1.81 bits per heavy atom. The Labute approximate surface area is 153 Å². The van der Waals surface area contributed by atoms with E-state index in [-0.39, 0.29) is 36.4 Å². The van der Waals surface area contributed by atoms with E-state index in [2.05, 4.69) is 0 Å². The van der Waals surface area contributed by atoms with Crippen molar-refractivity contribution in [2.24, 2.45) is 5.92 Å². The van der Waals surface area contributed by atoms with Gasteiger partial charge < -0.3 is 14.7 Å². The largest absolute Gasteiger partial charge is 0.497 e. The molecule has 0 radical (unpaired) electrons. The van der Waals surface area contributed by atoms with Crippen molar-refractivity contribution >= 4 is 21.9 Å². The van der Waals surface area contributed by atoms with Gasteiger partial charge in [-0.25, -0.2) is 8.42 Å². The summed E-state index contributed by atoms with van der Waals surface area (Å²) in [5.74, 6) is -1.06. The highest BCUT2D eigenvalue weighted by Gasteiger charge is 2.33. The zero-order chi connectivity index (χ0) is 19.3. The maximum Gasteiger partial charge on any atom is 0.323 e. The smallest absolute Gasteiger partial charge is 0.323 e. The summed E-state index contributed by atoms with van der Waals surface area (Å²) in [6, 6.07) is 6.18. The molecule has 2 rings (SSSR count). The van der Waals surface area contributed by atoms with Crippen molar-refractivity contribution in [1.82, 2.24) is 9.21 Å². The first-order valence-corrected chi connectivity index (χ1v) is 9.88. The van der Waals surface area contributed by atoms with E-state index in [4.69, 9.17) is 9.84 Å². The number of carboxylic acid groups (broad SMARTS) is 1. The third kappa shape index (κ3) is 4.53. The van der Waals surface area contributed by atoms with E-state index in [1.165, 1.54) is 28.4 Å². The Morgan fingerprint density at radius 1 is 1.23 bits per heavy atom. The molecule has 1 N–H and O–H groups in total. The lowest BCUT2D eigenvalue weighted by Crippen LogP contribution is -2.45. The van der Waals surface area contributed by atoms with Crippen molar-refractivity contribution < 1.29 is 27.9 Å². The summed E-state index contributed by atoms with van der Waals surface area (Å²) in [5.41, 5.74) is 0. The fourth-order valence-electron chi connectivity index (χ4n) is 3.01. The molecule has 0 atom stereocenters. The van der Waals surface area contributed by atoms with Crippen molar-refractivity contribution in [3.63, 3.8) is 0 Å².